The molecule has 0 amide bonds. The highest BCUT2D eigenvalue weighted by Gasteiger charge is 2.20. The second-order valence-corrected chi connectivity index (χ2v) is 5.89. The lowest BCUT2D eigenvalue weighted by atomic mass is 9.83. The van der Waals surface area contributed by atoms with Gasteiger partial charge in [0, 0.05) is 17.8 Å². The van der Waals surface area contributed by atoms with Crippen LogP contribution in [0.2, 0.25) is 0 Å². The lowest BCUT2D eigenvalue weighted by Gasteiger charge is -2.29. The molecule has 1 aliphatic rings. The second kappa shape index (κ2) is 6.85. The molecule has 3 N–H and O–H groups in total. The molecule has 1 aromatic heterocycles. The van der Waals surface area contributed by atoms with Crippen LogP contribution < -0.4 is 11.1 Å². The molecule has 1 heterocycles. The van der Waals surface area contributed by atoms with Crippen molar-refractivity contribution in [1.29, 1.82) is 0 Å². The number of anilines is 1. The van der Waals surface area contributed by atoms with Crippen molar-refractivity contribution in [3.05, 3.63) is 23.9 Å². The first-order chi connectivity index (χ1) is 9.19. The van der Waals surface area contributed by atoms with E-state index in [0.717, 1.165) is 17.3 Å². The summed E-state index contributed by atoms with van der Waals surface area (Å²) < 4.78 is 0. The molecular formula is C15H23N3S. The first kappa shape index (κ1) is 14.3. The third kappa shape index (κ3) is 4.16. The molecule has 3 nitrogen and oxygen atoms in total. The van der Waals surface area contributed by atoms with E-state index < -0.39 is 0 Å². The molecule has 1 fully saturated rings. The largest absolute Gasteiger partial charge is 0.389 e. The van der Waals surface area contributed by atoms with Gasteiger partial charge >= 0.3 is 0 Å². The van der Waals surface area contributed by atoms with Crippen molar-refractivity contribution in [3.8, 4) is 0 Å². The molecule has 4 heteroatoms. The standard InChI is InChI=1S/C15H23N3S/c1-2-3-11-4-7-13(8-5-11)18-14-9-6-12(10-17-14)15(16)19/h6,9-11,13H,2-5,7-8H2,1H3,(H2,16,19)(H,17,18). The lowest BCUT2D eigenvalue weighted by Crippen LogP contribution is -2.26. The molecule has 0 aliphatic heterocycles. The summed E-state index contributed by atoms with van der Waals surface area (Å²) in [5.41, 5.74) is 6.39. The van der Waals surface area contributed by atoms with Crippen LogP contribution in [0.4, 0.5) is 5.82 Å². The van der Waals surface area contributed by atoms with Crippen LogP contribution in [-0.2, 0) is 0 Å². The Morgan fingerprint density at radius 2 is 2.11 bits per heavy atom. The van der Waals surface area contributed by atoms with E-state index in [1.54, 1.807) is 6.20 Å². The van der Waals surface area contributed by atoms with E-state index in [2.05, 4.69) is 17.2 Å². The zero-order valence-corrected chi connectivity index (χ0v) is 12.4. The molecule has 19 heavy (non-hydrogen) atoms. The predicted octanol–water partition coefficient (Wildman–Crippen LogP) is 3.49. The monoisotopic (exact) mass is 277 g/mol. The van der Waals surface area contributed by atoms with Crippen LogP contribution >= 0.6 is 12.2 Å². The molecular weight excluding hydrogens is 254 g/mol. The molecule has 0 bridgehead atoms. The summed E-state index contributed by atoms with van der Waals surface area (Å²) in [7, 11) is 0. The number of nitrogens with two attached hydrogens (primary N) is 1. The third-order valence-corrected chi connectivity index (χ3v) is 4.18. The molecule has 0 spiro atoms. The fraction of sp³-hybridized carbons (Fsp3) is 0.600. The molecule has 0 saturated heterocycles. The minimum atomic E-state index is 0.402. The van der Waals surface area contributed by atoms with Gasteiger partial charge in [0.1, 0.15) is 10.8 Å². The highest BCUT2D eigenvalue weighted by molar-refractivity contribution is 7.80. The Labute approximate surface area is 121 Å². The average Bonchev–Trinajstić information content (AvgIpc) is 2.42. The van der Waals surface area contributed by atoms with Gasteiger partial charge in [-0.05, 0) is 43.7 Å². The third-order valence-electron chi connectivity index (χ3n) is 3.94. The maximum atomic E-state index is 5.56. The van der Waals surface area contributed by atoms with E-state index in [9.17, 15) is 0 Å². The van der Waals surface area contributed by atoms with Crippen LogP contribution in [0.3, 0.4) is 0 Å². The molecule has 1 saturated carbocycles. The predicted molar refractivity (Wildman–Crippen MR) is 84.4 cm³/mol. The summed E-state index contributed by atoms with van der Waals surface area (Å²) in [6.07, 6.45) is 9.63. The van der Waals surface area contributed by atoms with Crippen molar-refractivity contribution in [2.45, 2.75) is 51.5 Å². The van der Waals surface area contributed by atoms with Gasteiger partial charge in [-0.25, -0.2) is 4.98 Å². The minimum absolute atomic E-state index is 0.402. The Morgan fingerprint density at radius 3 is 2.63 bits per heavy atom. The number of rotatable bonds is 5. The zero-order valence-electron chi connectivity index (χ0n) is 11.6. The molecule has 1 aliphatic carbocycles. The van der Waals surface area contributed by atoms with Crippen LogP contribution in [-0.4, -0.2) is 16.0 Å². The Morgan fingerprint density at radius 1 is 1.37 bits per heavy atom. The van der Waals surface area contributed by atoms with Crippen molar-refractivity contribution in [1.82, 2.24) is 4.98 Å². The number of hydrogen-bond acceptors (Lipinski definition) is 3. The Balaban J connectivity index is 1.83. The van der Waals surface area contributed by atoms with Crippen LogP contribution in [0, 0.1) is 5.92 Å². The van der Waals surface area contributed by atoms with Gasteiger partial charge in [0.2, 0.25) is 0 Å². The second-order valence-electron chi connectivity index (χ2n) is 5.45. The minimum Gasteiger partial charge on any atom is -0.389 e. The number of nitrogens with one attached hydrogen (secondary N) is 1. The van der Waals surface area contributed by atoms with Crippen LogP contribution in [0.1, 0.15) is 51.0 Å². The van der Waals surface area contributed by atoms with Gasteiger partial charge in [-0.1, -0.05) is 32.0 Å². The Bertz CT molecular complexity index is 408. The Hall–Kier alpha value is -1.16. The topological polar surface area (TPSA) is 50.9 Å². The summed E-state index contributed by atoms with van der Waals surface area (Å²) in [6, 6.07) is 4.46. The summed E-state index contributed by atoms with van der Waals surface area (Å²) >= 11 is 4.92. The van der Waals surface area contributed by atoms with Gasteiger partial charge in [0.25, 0.3) is 0 Å². The fourth-order valence-electron chi connectivity index (χ4n) is 2.84. The number of hydrogen-bond donors (Lipinski definition) is 2. The summed E-state index contributed by atoms with van der Waals surface area (Å²) in [5.74, 6) is 1.87. The van der Waals surface area contributed by atoms with Crippen LogP contribution in [0.15, 0.2) is 18.3 Å². The van der Waals surface area contributed by atoms with Gasteiger partial charge < -0.3 is 11.1 Å². The van der Waals surface area contributed by atoms with E-state index >= 15 is 0 Å². The average molecular weight is 277 g/mol. The first-order valence-corrected chi connectivity index (χ1v) is 7.62. The van der Waals surface area contributed by atoms with Crippen molar-refractivity contribution < 1.29 is 0 Å². The number of aromatic nitrogens is 1. The first-order valence-electron chi connectivity index (χ1n) is 7.21. The SMILES string of the molecule is CCCC1CCC(Nc2ccc(C(N)=S)cn2)CC1. The van der Waals surface area contributed by atoms with Crippen LogP contribution in [0.5, 0.6) is 0 Å². The van der Waals surface area contributed by atoms with E-state index in [0.29, 0.717) is 11.0 Å². The highest BCUT2D eigenvalue weighted by Crippen LogP contribution is 2.29. The van der Waals surface area contributed by atoms with Gasteiger partial charge in [-0.2, -0.15) is 0 Å². The van der Waals surface area contributed by atoms with Crippen molar-refractivity contribution in [2.75, 3.05) is 5.32 Å². The number of nitrogens with zero attached hydrogens (tertiary/aromatic N) is 1. The van der Waals surface area contributed by atoms with Gasteiger partial charge in [0.15, 0.2) is 0 Å². The van der Waals surface area contributed by atoms with Crippen molar-refractivity contribution in [2.24, 2.45) is 11.7 Å². The summed E-state index contributed by atoms with van der Waals surface area (Å²) in [6.45, 7) is 2.28. The van der Waals surface area contributed by atoms with E-state index in [1.165, 1.54) is 38.5 Å². The van der Waals surface area contributed by atoms with E-state index in [4.69, 9.17) is 18.0 Å². The highest BCUT2D eigenvalue weighted by atomic mass is 32.1. The zero-order chi connectivity index (χ0) is 13.7. The normalized spacial score (nSPS) is 23.0. The van der Waals surface area contributed by atoms with Crippen molar-refractivity contribution in [3.63, 3.8) is 0 Å². The van der Waals surface area contributed by atoms with E-state index in [1.807, 2.05) is 12.1 Å². The molecule has 0 unspecified atom stereocenters. The number of thiocarbonyl (C=S) groups is 1. The van der Waals surface area contributed by atoms with E-state index in [-0.39, 0.29) is 0 Å². The number of pyridine rings is 1. The summed E-state index contributed by atoms with van der Waals surface area (Å²) in [5, 5.41) is 3.51. The molecule has 2 rings (SSSR count). The molecule has 0 aromatic carbocycles. The summed E-state index contributed by atoms with van der Waals surface area (Å²) in [4.78, 5) is 4.77. The van der Waals surface area contributed by atoms with Crippen molar-refractivity contribution >= 4 is 23.0 Å². The maximum absolute atomic E-state index is 5.56. The van der Waals surface area contributed by atoms with Crippen LogP contribution in [0.25, 0.3) is 0 Å². The smallest absolute Gasteiger partial charge is 0.126 e. The molecule has 1 aromatic rings. The molecule has 0 radical (unpaired) electrons. The fourth-order valence-corrected chi connectivity index (χ4v) is 2.96. The molecule has 104 valence electrons. The molecule has 0 atom stereocenters. The van der Waals surface area contributed by atoms with Gasteiger partial charge in [-0.3, -0.25) is 0 Å². The maximum Gasteiger partial charge on any atom is 0.126 e. The van der Waals surface area contributed by atoms with Gasteiger partial charge in [0.05, 0.1) is 0 Å². The van der Waals surface area contributed by atoms with Gasteiger partial charge in [-0.15, -0.1) is 0 Å². The quantitative estimate of drug-likeness (QED) is 0.809. The lowest BCUT2D eigenvalue weighted by molar-refractivity contribution is 0.318. The Kier molecular flexibility index (Phi) is 5.14.